The van der Waals surface area contributed by atoms with Gasteiger partial charge in [-0.25, -0.2) is 13.4 Å². The third-order valence-corrected chi connectivity index (χ3v) is 4.12. The van der Waals surface area contributed by atoms with Gasteiger partial charge < -0.3 is 5.73 Å². The number of halogens is 1. The molecule has 0 spiro atoms. The highest BCUT2D eigenvalue weighted by Crippen LogP contribution is 2.21. The molecule has 0 amide bonds. The number of nitrogens with one attached hydrogen (secondary N) is 1. The van der Waals surface area contributed by atoms with Crippen LogP contribution >= 0.6 is 11.6 Å². The molecule has 1 aromatic heterocycles. The Balaban J connectivity index is 2.30. The Bertz CT molecular complexity index is 672. The van der Waals surface area contributed by atoms with Crippen LogP contribution < -0.4 is 10.5 Å². The average Bonchev–Trinajstić information content (AvgIpc) is 2.41. The average molecular weight is 298 g/mol. The summed E-state index contributed by atoms with van der Waals surface area (Å²) in [4.78, 5) is 4.01. The van der Waals surface area contributed by atoms with Gasteiger partial charge >= 0.3 is 0 Å². The molecule has 0 unspecified atom stereocenters. The highest BCUT2D eigenvalue weighted by molar-refractivity contribution is 7.92. The molecule has 7 heteroatoms. The predicted molar refractivity (Wildman–Crippen MR) is 74.4 cm³/mol. The summed E-state index contributed by atoms with van der Waals surface area (Å²) in [7, 11) is -3.70. The maximum absolute atomic E-state index is 12.1. The van der Waals surface area contributed by atoms with Crippen LogP contribution in [0, 0.1) is 0 Å². The van der Waals surface area contributed by atoms with Crippen LogP contribution in [0.5, 0.6) is 0 Å². The Morgan fingerprint density at radius 1 is 1.21 bits per heavy atom. The Labute approximate surface area is 116 Å². The molecule has 0 fully saturated rings. The lowest BCUT2D eigenvalue weighted by Gasteiger charge is -2.08. The molecule has 1 heterocycles. The van der Waals surface area contributed by atoms with Gasteiger partial charge in [0, 0.05) is 12.7 Å². The zero-order valence-electron chi connectivity index (χ0n) is 9.88. The van der Waals surface area contributed by atoms with Gasteiger partial charge in [-0.3, -0.25) is 4.72 Å². The molecule has 0 bridgehead atoms. The minimum atomic E-state index is -3.70. The van der Waals surface area contributed by atoms with Crippen LogP contribution in [-0.4, -0.2) is 13.4 Å². The first-order chi connectivity index (χ1) is 9.03. The van der Waals surface area contributed by atoms with E-state index < -0.39 is 10.0 Å². The van der Waals surface area contributed by atoms with E-state index in [1.54, 1.807) is 24.3 Å². The van der Waals surface area contributed by atoms with Crippen LogP contribution in [-0.2, 0) is 16.6 Å². The molecule has 0 atom stereocenters. The number of hydrogen-bond acceptors (Lipinski definition) is 4. The molecule has 0 aliphatic rings. The molecule has 0 aliphatic carbocycles. The Hall–Kier alpha value is -1.63. The molecule has 5 nitrogen and oxygen atoms in total. The summed E-state index contributed by atoms with van der Waals surface area (Å²) in [6.45, 7) is 0.361. The number of aromatic nitrogens is 1. The molecule has 0 aliphatic heterocycles. The predicted octanol–water partition coefficient (Wildman–Crippen LogP) is 1.99. The van der Waals surface area contributed by atoms with Gasteiger partial charge in [0.2, 0.25) is 0 Å². The van der Waals surface area contributed by atoms with Crippen molar-refractivity contribution in [1.82, 2.24) is 4.98 Å². The monoisotopic (exact) mass is 297 g/mol. The molecule has 1 aromatic carbocycles. The lowest BCUT2D eigenvalue weighted by molar-refractivity contribution is 0.601. The first kappa shape index (κ1) is 13.8. The van der Waals surface area contributed by atoms with Gasteiger partial charge in [-0.2, -0.15) is 0 Å². The van der Waals surface area contributed by atoms with Crippen molar-refractivity contribution >= 4 is 27.4 Å². The van der Waals surface area contributed by atoms with E-state index in [4.69, 9.17) is 17.3 Å². The molecular weight excluding hydrogens is 286 g/mol. The quantitative estimate of drug-likeness (QED) is 0.904. The maximum atomic E-state index is 12.1. The fourth-order valence-corrected chi connectivity index (χ4v) is 2.71. The molecule has 0 radical (unpaired) electrons. The summed E-state index contributed by atoms with van der Waals surface area (Å²) >= 11 is 5.86. The Morgan fingerprint density at radius 2 is 1.89 bits per heavy atom. The van der Waals surface area contributed by atoms with Gasteiger partial charge in [0.25, 0.3) is 10.0 Å². The third kappa shape index (κ3) is 3.23. The zero-order chi connectivity index (χ0) is 13.9. The van der Waals surface area contributed by atoms with E-state index in [0.717, 1.165) is 5.56 Å². The second kappa shape index (κ2) is 5.56. The van der Waals surface area contributed by atoms with E-state index >= 15 is 0 Å². The van der Waals surface area contributed by atoms with E-state index in [9.17, 15) is 8.42 Å². The van der Waals surface area contributed by atoms with Crippen LogP contribution in [0.15, 0.2) is 47.5 Å². The molecule has 0 saturated carbocycles. The number of nitrogens with two attached hydrogens (primary N) is 1. The summed E-state index contributed by atoms with van der Waals surface area (Å²) in [5, 5.41) is 0.240. The van der Waals surface area contributed by atoms with E-state index in [-0.39, 0.29) is 15.7 Å². The smallest absolute Gasteiger partial charge is 0.263 e. The second-order valence-electron chi connectivity index (χ2n) is 3.79. The van der Waals surface area contributed by atoms with Crippen molar-refractivity contribution in [1.29, 1.82) is 0 Å². The van der Waals surface area contributed by atoms with Gasteiger partial charge in [0.15, 0.2) is 5.82 Å². The van der Waals surface area contributed by atoms with Crippen molar-refractivity contribution in [3.05, 3.63) is 53.2 Å². The minimum Gasteiger partial charge on any atom is -0.326 e. The number of rotatable bonds is 4. The van der Waals surface area contributed by atoms with Crippen molar-refractivity contribution in [2.75, 3.05) is 4.72 Å². The molecular formula is C12H12ClN3O2S. The summed E-state index contributed by atoms with van der Waals surface area (Å²) in [6.07, 6.45) is 1.46. The number of anilines is 1. The zero-order valence-corrected chi connectivity index (χ0v) is 11.4. The van der Waals surface area contributed by atoms with Crippen LogP contribution in [0.1, 0.15) is 5.56 Å². The fourth-order valence-electron chi connectivity index (χ4n) is 1.45. The van der Waals surface area contributed by atoms with Gasteiger partial charge in [0.1, 0.15) is 0 Å². The van der Waals surface area contributed by atoms with Gasteiger partial charge in [-0.15, -0.1) is 0 Å². The van der Waals surface area contributed by atoms with Crippen molar-refractivity contribution in [3.8, 4) is 0 Å². The highest BCUT2D eigenvalue weighted by atomic mass is 35.5. The topological polar surface area (TPSA) is 85.1 Å². The largest absolute Gasteiger partial charge is 0.326 e. The van der Waals surface area contributed by atoms with Crippen molar-refractivity contribution < 1.29 is 8.42 Å². The summed E-state index contributed by atoms with van der Waals surface area (Å²) < 4.78 is 26.6. The molecule has 2 aromatic rings. The van der Waals surface area contributed by atoms with Crippen LogP contribution in [0.2, 0.25) is 5.02 Å². The molecule has 19 heavy (non-hydrogen) atoms. The molecule has 100 valence electrons. The number of nitrogens with zero attached hydrogens (tertiary/aromatic N) is 1. The Morgan fingerprint density at radius 3 is 2.47 bits per heavy atom. The molecule has 3 N–H and O–H groups in total. The fraction of sp³-hybridized carbons (Fsp3) is 0.0833. The normalized spacial score (nSPS) is 11.3. The number of benzene rings is 1. The standard InChI is InChI=1S/C12H12ClN3O2S/c13-11-2-1-7-15-12(11)16-19(17,18)10-5-3-9(8-14)4-6-10/h1-7H,8,14H2,(H,15,16). The Kier molecular flexibility index (Phi) is 4.04. The number of hydrogen-bond donors (Lipinski definition) is 2. The first-order valence-corrected chi connectivity index (χ1v) is 7.31. The van der Waals surface area contributed by atoms with E-state index in [2.05, 4.69) is 9.71 Å². The summed E-state index contributed by atoms with van der Waals surface area (Å²) in [5.41, 5.74) is 6.32. The van der Waals surface area contributed by atoms with Gasteiger partial charge in [-0.1, -0.05) is 23.7 Å². The molecule has 0 saturated heterocycles. The first-order valence-electron chi connectivity index (χ1n) is 5.45. The van der Waals surface area contributed by atoms with E-state index in [0.29, 0.717) is 6.54 Å². The minimum absolute atomic E-state index is 0.104. The number of pyridine rings is 1. The SMILES string of the molecule is NCc1ccc(S(=O)(=O)Nc2ncccc2Cl)cc1. The van der Waals surface area contributed by atoms with Gasteiger partial charge in [-0.05, 0) is 29.8 Å². The van der Waals surface area contributed by atoms with Crippen molar-refractivity contribution in [2.45, 2.75) is 11.4 Å². The van der Waals surface area contributed by atoms with Crippen LogP contribution in [0.4, 0.5) is 5.82 Å². The molecule has 2 rings (SSSR count). The number of sulfonamides is 1. The lowest BCUT2D eigenvalue weighted by Crippen LogP contribution is -2.14. The highest BCUT2D eigenvalue weighted by Gasteiger charge is 2.16. The summed E-state index contributed by atoms with van der Waals surface area (Å²) in [5.74, 6) is 0.104. The van der Waals surface area contributed by atoms with Crippen molar-refractivity contribution in [2.24, 2.45) is 5.73 Å². The van der Waals surface area contributed by atoms with Gasteiger partial charge in [0.05, 0.1) is 9.92 Å². The summed E-state index contributed by atoms with van der Waals surface area (Å²) in [6, 6.07) is 9.48. The van der Waals surface area contributed by atoms with Crippen LogP contribution in [0.25, 0.3) is 0 Å². The third-order valence-electron chi connectivity index (χ3n) is 2.46. The van der Waals surface area contributed by atoms with Crippen LogP contribution in [0.3, 0.4) is 0 Å². The van der Waals surface area contributed by atoms with E-state index in [1.807, 2.05) is 0 Å². The van der Waals surface area contributed by atoms with Crippen molar-refractivity contribution in [3.63, 3.8) is 0 Å². The maximum Gasteiger partial charge on any atom is 0.263 e. The lowest BCUT2D eigenvalue weighted by atomic mass is 10.2. The second-order valence-corrected chi connectivity index (χ2v) is 5.88. The van der Waals surface area contributed by atoms with E-state index in [1.165, 1.54) is 18.3 Å².